The molecule has 0 spiro atoms. The average molecular weight is 258 g/mol. The Hall–Kier alpha value is -0.550. The zero-order valence-corrected chi connectivity index (χ0v) is 10.1. The molecule has 2 rings (SSSR count). The van der Waals surface area contributed by atoms with E-state index in [2.05, 4.69) is 4.98 Å². The molecule has 78 valence electrons. The maximum atomic E-state index is 8.96. The molecular formula is C10H8ClNOS2. The first kappa shape index (κ1) is 11.0. The van der Waals surface area contributed by atoms with Crippen molar-refractivity contribution in [2.75, 3.05) is 0 Å². The SMILES string of the molecule is OCc1ccc(Sc2nccs2)cc1Cl. The van der Waals surface area contributed by atoms with E-state index in [4.69, 9.17) is 16.7 Å². The summed E-state index contributed by atoms with van der Waals surface area (Å²) in [5.74, 6) is 0. The monoisotopic (exact) mass is 257 g/mol. The van der Waals surface area contributed by atoms with Crippen molar-refractivity contribution in [1.29, 1.82) is 0 Å². The normalized spacial score (nSPS) is 10.5. The van der Waals surface area contributed by atoms with Crippen molar-refractivity contribution < 1.29 is 5.11 Å². The number of aliphatic hydroxyl groups excluding tert-OH is 1. The van der Waals surface area contributed by atoms with Crippen molar-refractivity contribution in [3.63, 3.8) is 0 Å². The summed E-state index contributed by atoms with van der Waals surface area (Å²) >= 11 is 9.14. The van der Waals surface area contributed by atoms with E-state index in [-0.39, 0.29) is 6.61 Å². The van der Waals surface area contributed by atoms with Gasteiger partial charge in [0.1, 0.15) is 0 Å². The highest BCUT2D eigenvalue weighted by Crippen LogP contribution is 2.31. The van der Waals surface area contributed by atoms with Crippen molar-refractivity contribution in [3.8, 4) is 0 Å². The second-order valence-corrected chi connectivity index (χ2v) is 5.43. The summed E-state index contributed by atoms with van der Waals surface area (Å²) in [7, 11) is 0. The van der Waals surface area contributed by atoms with E-state index in [1.807, 2.05) is 23.6 Å². The molecule has 0 saturated carbocycles. The van der Waals surface area contributed by atoms with E-state index in [1.165, 1.54) is 0 Å². The van der Waals surface area contributed by atoms with Gasteiger partial charge in [0.05, 0.1) is 6.61 Å². The first-order valence-electron chi connectivity index (χ1n) is 4.26. The number of thiazole rings is 1. The molecule has 0 fully saturated rings. The first-order chi connectivity index (χ1) is 7.29. The number of aromatic nitrogens is 1. The van der Waals surface area contributed by atoms with Crippen molar-refractivity contribution >= 4 is 34.7 Å². The lowest BCUT2D eigenvalue weighted by Crippen LogP contribution is -1.84. The van der Waals surface area contributed by atoms with Crippen LogP contribution in [0.15, 0.2) is 39.0 Å². The van der Waals surface area contributed by atoms with Gasteiger partial charge in [-0.3, -0.25) is 0 Å². The molecule has 1 aromatic carbocycles. The number of aliphatic hydroxyl groups is 1. The molecular weight excluding hydrogens is 250 g/mol. The van der Waals surface area contributed by atoms with Gasteiger partial charge in [-0.05, 0) is 17.7 Å². The fourth-order valence-corrected chi connectivity index (χ4v) is 3.02. The lowest BCUT2D eigenvalue weighted by molar-refractivity contribution is 0.282. The standard InChI is InChI=1S/C10H8ClNOS2/c11-9-5-8(2-1-7(9)6-13)15-10-12-3-4-14-10/h1-5,13H,6H2. The van der Waals surface area contributed by atoms with Gasteiger partial charge in [0.25, 0.3) is 0 Å². The van der Waals surface area contributed by atoms with Gasteiger partial charge < -0.3 is 5.11 Å². The third-order valence-electron chi connectivity index (χ3n) is 1.81. The molecule has 0 aliphatic heterocycles. The number of nitrogens with zero attached hydrogens (tertiary/aromatic N) is 1. The molecule has 5 heteroatoms. The molecule has 15 heavy (non-hydrogen) atoms. The Labute approximate surface area is 101 Å². The lowest BCUT2D eigenvalue weighted by Gasteiger charge is -2.02. The number of rotatable bonds is 3. The van der Waals surface area contributed by atoms with Crippen LogP contribution in [0, 0.1) is 0 Å². The highest BCUT2D eigenvalue weighted by Gasteiger charge is 2.03. The summed E-state index contributed by atoms with van der Waals surface area (Å²) in [6, 6.07) is 5.61. The number of hydrogen-bond acceptors (Lipinski definition) is 4. The van der Waals surface area contributed by atoms with E-state index in [9.17, 15) is 0 Å². The number of benzene rings is 1. The molecule has 0 unspecified atom stereocenters. The molecule has 0 aliphatic carbocycles. The maximum Gasteiger partial charge on any atom is 0.154 e. The molecule has 0 atom stereocenters. The smallest absolute Gasteiger partial charge is 0.154 e. The van der Waals surface area contributed by atoms with Gasteiger partial charge in [-0.2, -0.15) is 0 Å². The van der Waals surface area contributed by atoms with Crippen LogP contribution in [0.4, 0.5) is 0 Å². The van der Waals surface area contributed by atoms with Gasteiger partial charge in [0.15, 0.2) is 4.34 Å². The summed E-state index contributed by atoms with van der Waals surface area (Å²) in [4.78, 5) is 5.21. The Kier molecular flexibility index (Phi) is 3.64. The van der Waals surface area contributed by atoms with E-state index in [0.717, 1.165) is 14.8 Å². The summed E-state index contributed by atoms with van der Waals surface area (Å²) in [5, 5.41) is 11.5. The Morgan fingerprint density at radius 3 is 2.93 bits per heavy atom. The zero-order chi connectivity index (χ0) is 10.7. The second-order valence-electron chi connectivity index (χ2n) is 2.81. The molecule has 0 aliphatic rings. The molecule has 1 aromatic heterocycles. The third-order valence-corrected chi connectivity index (χ3v) is 4.03. The van der Waals surface area contributed by atoms with Crippen LogP contribution in [-0.4, -0.2) is 10.1 Å². The van der Waals surface area contributed by atoms with Gasteiger partial charge >= 0.3 is 0 Å². The van der Waals surface area contributed by atoms with Gasteiger partial charge in [-0.25, -0.2) is 4.98 Å². The molecule has 0 amide bonds. The molecule has 1 heterocycles. The minimum Gasteiger partial charge on any atom is -0.392 e. The molecule has 0 bridgehead atoms. The predicted octanol–water partition coefficient (Wildman–Crippen LogP) is 3.44. The average Bonchev–Trinajstić information content (AvgIpc) is 2.71. The van der Waals surface area contributed by atoms with Crippen molar-refractivity contribution in [2.24, 2.45) is 0 Å². The Morgan fingerprint density at radius 2 is 2.33 bits per heavy atom. The molecule has 2 aromatic rings. The molecule has 0 saturated heterocycles. The topological polar surface area (TPSA) is 33.1 Å². The van der Waals surface area contributed by atoms with Crippen LogP contribution in [0.2, 0.25) is 5.02 Å². The van der Waals surface area contributed by atoms with Crippen LogP contribution in [0.3, 0.4) is 0 Å². The van der Waals surface area contributed by atoms with Gasteiger partial charge in [-0.15, -0.1) is 11.3 Å². The fraction of sp³-hybridized carbons (Fsp3) is 0.100. The molecule has 0 radical (unpaired) electrons. The maximum absolute atomic E-state index is 8.96. The van der Waals surface area contributed by atoms with Crippen molar-refractivity contribution in [2.45, 2.75) is 15.8 Å². The van der Waals surface area contributed by atoms with Crippen LogP contribution in [-0.2, 0) is 6.61 Å². The summed E-state index contributed by atoms with van der Waals surface area (Å²) < 4.78 is 0.989. The minimum absolute atomic E-state index is 0.0268. The predicted molar refractivity (Wildman–Crippen MR) is 63.6 cm³/mol. The van der Waals surface area contributed by atoms with Gasteiger partial charge in [0, 0.05) is 21.5 Å². The van der Waals surface area contributed by atoms with Crippen LogP contribution >= 0.6 is 34.7 Å². The second kappa shape index (κ2) is 4.99. The van der Waals surface area contributed by atoms with Gasteiger partial charge in [0.2, 0.25) is 0 Å². The highest BCUT2D eigenvalue weighted by atomic mass is 35.5. The fourth-order valence-electron chi connectivity index (χ4n) is 1.08. The van der Waals surface area contributed by atoms with Crippen molar-refractivity contribution in [1.82, 2.24) is 4.98 Å². The molecule has 1 N–H and O–H groups in total. The lowest BCUT2D eigenvalue weighted by atomic mass is 10.2. The Bertz CT molecular complexity index is 445. The van der Waals surface area contributed by atoms with E-state index in [1.54, 1.807) is 29.3 Å². The summed E-state index contributed by atoms with van der Waals surface area (Å²) in [6.45, 7) is -0.0268. The summed E-state index contributed by atoms with van der Waals surface area (Å²) in [6.07, 6.45) is 1.77. The summed E-state index contributed by atoms with van der Waals surface area (Å²) in [5.41, 5.74) is 0.750. The van der Waals surface area contributed by atoms with Crippen LogP contribution in [0.1, 0.15) is 5.56 Å². The Morgan fingerprint density at radius 1 is 1.47 bits per heavy atom. The first-order valence-corrected chi connectivity index (χ1v) is 6.33. The highest BCUT2D eigenvalue weighted by molar-refractivity contribution is 8.01. The van der Waals surface area contributed by atoms with Crippen molar-refractivity contribution in [3.05, 3.63) is 40.4 Å². The largest absolute Gasteiger partial charge is 0.392 e. The molecule has 2 nitrogen and oxygen atoms in total. The van der Waals surface area contributed by atoms with Crippen LogP contribution in [0.5, 0.6) is 0 Å². The van der Waals surface area contributed by atoms with Gasteiger partial charge in [-0.1, -0.05) is 29.4 Å². The minimum atomic E-state index is -0.0268. The van der Waals surface area contributed by atoms with Crippen LogP contribution in [0.25, 0.3) is 0 Å². The zero-order valence-electron chi connectivity index (χ0n) is 7.68. The van der Waals surface area contributed by atoms with Crippen LogP contribution < -0.4 is 0 Å². The quantitative estimate of drug-likeness (QED) is 0.914. The van der Waals surface area contributed by atoms with E-state index in [0.29, 0.717) is 5.02 Å². The van der Waals surface area contributed by atoms with E-state index >= 15 is 0 Å². The van der Waals surface area contributed by atoms with E-state index < -0.39 is 0 Å². The Balaban J connectivity index is 2.20. The third kappa shape index (κ3) is 2.72. The number of hydrogen-bond donors (Lipinski definition) is 1. The number of halogens is 1.